The summed E-state index contributed by atoms with van der Waals surface area (Å²) in [5.41, 5.74) is 2.76. The first-order valence-electron chi connectivity index (χ1n) is 9.53. The summed E-state index contributed by atoms with van der Waals surface area (Å²) >= 11 is 4.81. The number of nitrogens with one attached hydrogen (secondary N) is 1. The van der Waals surface area contributed by atoms with Gasteiger partial charge in [-0.25, -0.2) is 0 Å². The van der Waals surface area contributed by atoms with Crippen LogP contribution >= 0.6 is 27.7 Å². The van der Waals surface area contributed by atoms with Crippen LogP contribution in [0, 0.1) is 0 Å². The van der Waals surface area contributed by atoms with E-state index in [1.807, 2.05) is 60.1 Å². The van der Waals surface area contributed by atoms with E-state index in [2.05, 4.69) is 45.3 Å². The van der Waals surface area contributed by atoms with Crippen LogP contribution in [-0.2, 0) is 11.8 Å². The Hall–Kier alpha value is -2.58. The zero-order valence-corrected chi connectivity index (χ0v) is 19.3. The molecule has 2 aromatic carbocycles. The lowest BCUT2D eigenvalue weighted by atomic mass is 10.0. The van der Waals surface area contributed by atoms with Crippen molar-refractivity contribution >= 4 is 50.3 Å². The summed E-state index contributed by atoms with van der Waals surface area (Å²) in [7, 11) is 1.87. The first-order chi connectivity index (χ1) is 14.4. The van der Waals surface area contributed by atoms with Gasteiger partial charge in [-0.05, 0) is 41.8 Å². The highest BCUT2D eigenvalue weighted by molar-refractivity contribution is 9.10. The van der Waals surface area contributed by atoms with Crippen molar-refractivity contribution in [2.24, 2.45) is 7.05 Å². The molecule has 4 rings (SSSR count). The lowest BCUT2D eigenvalue weighted by Crippen LogP contribution is -2.16. The third-order valence-corrected chi connectivity index (χ3v) is 6.24. The van der Waals surface area contributed by atoms with E-state index in [4.69, 9.17) is 4.42 Å². The van der Waals surface area contributed by atoms with Gasteiger partial charge in [-0.15, -0.1) is 10.2 Å². The highest BCUT2D eigenvalue weighted by Gasteiger charge is 2.17. The van der Waals surface area contributed by atoms with Gasteiger partial charge in [0.2, 0.25) is 5.91 Å². The fraction of sp³-hybridized carbons (Fsp3) is 0.227. The molecule has 0 radical (unpaired) electrons. The molecular formula is C22H21BrN4O2S. The van der Waals surface area contributed by atoms with Crippen molar-refractivity contribution in [3.05, 3.63) is 58.6 Å². The molecular weight excluding hydrogens is 464 g/mol. The zero-order chi connectivity index (χ0) is 21.3. The number of carbonyl (C=O) groups is 1. The molecule has 0 aliphatic rings. The van der Waals surface area contributed by atoms with E-state index in [1.54, 1.807) is 0 Å². The number of para-hydroxylation sites is 1. The Labute approximate surface area is 187 Å². The lowest BCUT2D eigenvalue weighted by Gasteiger charge is -2.13. The minimum absolute atomic E-state index is 0.0776. The monoisotopic (exact) mass is 484 g/mol. The van der Waals surface area contributed by atoms with Gasteiger partial charge in [0.25, 0.3) is 0 Å². The number of halogens is 1. The van der Waals surface area contributed by atoms with Crippen LogP contribution in [0.5, 0.6) is 0 Å². The van der Waals surface area contributed by atoms with Gasteiger partial charge in [-0.1, -0.05) is 59.7 Å². The van der Waals surface area contributed by atoms with Crippen LogP contribution in [0.15, 0.2) is 62.6 Å². The molecule has 0 saturated carbocycles. The number of carbonyl (C=O) groups excluding carboxylic acids is 1. The summed E-state index contributed by atoms with van der Waals surface area (Å²) in [5, 5.41) is 13.1. The van der Waals surface area contributed by atoms with Gasteiger partial charge in [0.1, 0.15) is 5.58 Å². The number of hydrogen-bond acceptors (Lipinski definition) is 5. The zero-order valence-electron chi connectivity index (χ0n) is 16.8. The topological polar surface area (TPSA) is 73.0 Å². The van der Waals surface area contributed by atoms with Gasteiger partial charge < -0.3 is 14.3 Å². The van der Waals surface area contributed by atoms with Crippen molar-refractivity contribution in [1.29, 1.82) is 0 Å². The smallest absolute Gasteiger partial charge is 0.234 e. The molecule has 0 fully saturated rings. The fourth-order valence-electron chi connectivity index (χ4n) is 3.21. The molecule has 30 heavy (non-hydrogen) atoms. The van der Waals surface area contributed by atoms with E-state index < -0.39 is 0 Å². The minimum atomic E-state index is -0.0776. The molecule has 6 nitrogen and oxygen atoms in total. The Morgan fingerprint density at radius 1 is 1.20 bits per heavy atom. The summed E-state index contributed by atoms with van der Waals surface area (Å²) in [6.45, 7) is 4.22. The van der Waals surface area contributed by atoms with Crippen molar-refractivity contribution in [3.63, 3.8) is 0 Å². The summed E-state index contributed by atoms with van der Waals surface area (Å²) in [4.78, 5) is 12.5. The second kappa shape index (κ2) is 8.65. The number of benzene rings is 2. The molecule has 0 aliphatic heterocycles. The number of fused-ring (bicyclic) bond motifs is 1. The number of anilines is 1. The van der Waals surface area contributed by atoms with E-state index in [1.165, 1.54) is 11.8 Å². The number of rotatable bonds is 6. The average Bonchev–Trinajstić information content (AvgIpc) is 3.29. The van der Waals surface area contributed by atoms with Gasteiger partial charge >= 0.3 is 0 Å². The summed E-state index contributed by atoms with van der Waals surface area (Å²) in [6.07, 6.45) is 0. The van der Waals surface area contributed by atoms with Crippen LogP contribution in [0.4, 0.5) is 5.69 Å². The van der Waals surface area contributed by atoms with Crippen LogP contribution < -0.4 is 5.32 Å². The van der Waals surface area contributed by atoms with E-state index in [9.17, 15) is 4.79 Å². The van der Waals surface area contributed by atoms with E-state index >= 15 is 0 Å². The molecule has 4 aromatic rings. The number of nitrogens with zero attached hydrogens (tertiary/aromatic N) is 3. The molecule has 8 heteroatoms. The number of hydrogen-bond donors (Lipinski definition) is 1. The second-order valence-electron chi connectivity index (χ2n) is 7.24. The Balaban J connectivity index is 1.46. The lowest BCUT2D eigenvalue weighted by molar-refractivity contribution is -0.113. The number of thioether (sulfide) groups is 1. The Bertz CT molecular complexity index is 1220. The van der Waals surface area contributed by atoms with Crippen LogP contribution in [0.3, 0.4) is 0 Å². The highest BCUT2D eigenvalue weighted by atomic mass is 79.9. The van der Waals surface area contributed by atoms with Crippen molar-refractivity contribution in [3.8, 4) is 11.6 Å². The standard InChI is InChI=1S/C22H21BrN4O2S/c1-13(2)16-6-4-5-7-17(16)24-20(28)12-30-22-26-25-21(27(22)3)19-11-14-10-15(23)8-9-18(14)29-19/h4-11,13H,12H2,1-3H3,(H,24,28). The Kier molecular flexibility index (Phi) is 5.97. The Morgan fingerprint density at radius 3 is 2.80 bits per heavy atom. The van der Waals surface area contributed by atoms with Crippen molar-refractivity contribution in [2.75, 3.05) is 11.1 Å². The first-order valence-corrected chi connectivity index (χ1v) is 11.3. The van der Waals surface area contributed by atoms with Crippen LogP contribution in [0.2, 0.25) is 0 Å². The predicted molar refractivity (Wildman–Crippen MR) is 124 cm³/mol. The quantitative estimate of drug-likeness (QED) is 0.347. The molecule has 2 heterocycles. The number of furan rings is 1. The summed E-state index contributed by atoms with van der Waals surface area (Å²) in [6, 6.07) is 15.7. The third-order valence-electron chi connectivity index (χ3n) is 4.72. The summed E-state index contributed by atoms with van der Waals surface area (Å²) < 4.78 is 8.74. The van der Waals surface area contributed by atoms with Gasteiger partial charge in [0.15, 0.2) is 16.7 Å². The molecule has 0 atom stereocenters. The first kappa shape index (κ1) is 20.7. The molecule has 0 aliphatic carbocycles. The molecule has 0 saturated heterocycles. The molecule has 154 valence electrons. The molecule has 2 aromatic heterocycles. The van der Waals surface area contributed by atoms with E-state index in [0.29, 0.717) is 22.7 Å². The highest BCUT2D eigenvalue weighted by Crippen LogP contribution is 2.30. The SMILES string of the molecule is CC(C)c1ccccc1NC(=O)CSc1nnc(-c2cc3cc(Br)ccc3o2)n1C. The maximum absolute atomic E-state index is 12.5. The minimum Gasteiger partial charge on any atom is -0.453 e. The number of amides is 1. The van der Waals surface area contributed by atoms with Crippen molar-refractivity contribution in [2.45, 2.75) is 24.9 Å². The van der Waals surface area contributed by atoms with Gasteiger partial charge in [0.05, 0.1) is 5.75 Å². The van der Waals surface area contributed by atoms with Crippen LogP contribution in [0.1, 0.15) is 25.3 Å². The molecule has 0 spiro atoms. The summed E-state index contributed by atoms with van der Waals surface area (Å²) in [5.74, 6) is 1.76. The molecule has 1 N–H and O–H groups in total. The van der Waals surface area contributed by atoms with Gasteiger partial charge in [-0.3, -0.25) is 4.79 Å². The van der Waals surface area contributed by atoms with Gasteiger partial charge in [0, 0.05) is 22.6 Å². The Morgan fingerprint density at radius 2 is 2.00 bits per heavy atom. The molecule has 0 bridgehead atoms. The van der Waals surface area contributed by atoms with E-state index in [0.717, 1.165) is 26.7 Å². The van der Waals surface area contributed by atoms with Crippen molar-refractivity contribution in [1.82, 2.24) is 14.8 Å². The molecule has 1 amide bonds. The number of aromatic nitrogens is 3. The predicted octanol–water partition coefficient (Wildman–Crippen LogP) is 5.85. The largest absolute Gasteiger partial charge is 0.453 e. The maximum atomic E-state index is 12.5. The normalized spacial score (nSPS) is 11.4. The van der Waals surface area contributed by atoms with E-state index in [-0.39, 0.29) is 11.7 Å². The average molecular weight is 485 g/mol. The third kappa shape index (κ3) is 4.29. The molecule has 0 unspecified atom stereocenters. The van der Waals surface area contributed by atoms with Gasteiger partial charge in [-0.2, -0.15) is 0 Å². The van der Waals surface area contributed by atoms with Crippen LogP contribution in [-0.4, -0.2) is 26.4 Å². The van der Waals surface area contributed by atoms with Crippen LogP contribution in [0.25, 0.3) is 22.6 Å². The fourth-order valence-corrected chi connectivity index (χ4v) is 4.30. The van der Waals surface area contributed by atoms with Crippen molar-refractivity contribution < 1.29 is 9.21 Å². The second-order valence-corrected chi connectivity index (χ2v) is 9.09. The maximum Gasteiger partial charge on any atom is 0.234 e.